The first-order valence-electron chi connectivity index (χ1n) is 4.24. The lowest BCUT2D eigenvalue weighted by atomic mass is 10.2. The van der Waals surface area contributed by atoms with Crippen LogP contribution in [0.2, 0.25) is 0 Å². The summed E-state index contributed by atoms with van der Waals surface area (Å²) in [5, 5.41) is 9.33. The molecule has 0 aliphatic heterocycles. The first kappa shape index (κ1) is 9.39. The van der Waals surface area contributed by atoms with E-state index in [4.69, 9.17) is 4.74 Å². The molecule has 0 spiro atoms. The Morgan fingerprint density at radius 1 is 1.33 bits per heavy atom. The Balaban J connectivity index is 2.70. The fourth-order valence-electron chi connectivity index (χ4n) is 1.24. The second-order valence-corrected chi connectivity index (χ2v) is 2.90. The van der Waals surface area contributed by atoms with Crippen molar-refractivity contribution in [1.82, 2.24) is 9.97 Å². The van der Waals surface area contributed by atoms with Crippen molar-refractivity contribution in [1.29, 1.82) is 0 Å². The summed E-state index contributed by atoms with van der Waals surface area (Å²) in [5.41, 5.74) is 0.959. The van der Waals surface area contributed by atoms with E-state index in [0.29, 0.717) is 23.1 Å². The van der Waals surface area contributed by atoms with Gasteiger partial charge in [-0.25, -0.2) is 9.97 Å². The van der Waals surface area contributed by atoms with Gasteiger partial charge in [0.15, 0.2) is 12.0 Å². The summed E-state index contributed by atoms with van der Waals surface area (Å²) in [6, 6.07) is 5.02. The van der Waals surface area contributed by atoms with Crippen LogP contribution in [-0.4, -0.2) is 28.5 Å². The Kier molecular flexibility index (Phi) is 2.21. The molecule has 0 fully saturated rings. The van der Waals surface area contributed by atoms with Crippen LogP contribution in [0.4, 0.5) is 0 Å². The summed E-state index contributed by atoms with van der Waals surface area (Å²) in [4.78, 5) is 18.3. The van der Waals surface area contributed by atoms with Crippen molar-refractivity contribution in [3.8, 4) is 11.6 Å². The Bertz CT molecular complexity index is 525. The highest BCUT2D eigenvalue weighted by molar-refractivity contribution is 5.83. The summed E-state index contributed by atoms with van der Waals surface area (Å²) in [6.45, 7) is 0. The van der Waals surface area contributed by atoms with Crippen molar-refractivity contribution in [2.75, 3.05) is 7.11 Å². The van der Waals surface area contributed by atoms with Crippen molar-refractivity contribution in [2.45, 2.75) is 0 Å². The van der Waals surface area contributed by atoms with Gasteiger partial charge in [-0.15, -0.1) is 0 Å². The minimum absolute atomic E-state index is 0.0623. The number of methoxy groups -OCH3 is 1. The third-order valence-electron chi connectivity index (χ3n) is 1.99. The topological polar surface area (TPSA) is 72.3 Å². The van der Waals surface area contributed by atoms with Crippen molar-refractivity contribution >= 4 is 17.3 Å². The number of carbonyl (C=O) groups excluding carboxylic acids is 1. The van der Waals surface area contributed by atoms with Crippen molar-refractivity contribution < 1.29 is 14.6 Å². The second kappa shape index (κ2) is 3.53. The number of fused-ring (bicyclic) bond motifs is 1. The molecule has 0 saturated carbocycles. The zero-order valence-corrected chi connectivity index (χ0v) is 7.97. The molecule has 2 rings (SSSR count). The predicted octanol–water partition coefficient (Wildman–Crippen LogP) is 1.16. The van der Waals surface area contributed by atoms with Gasteiger partial charge in [0.1, 0.15) is 5.75 Å². The van der Waals surface area contributed by atoms with Gasteiger partial charge in [-0.2, -0.15) is 0 Å². The monoisotopic (exact) mass is 204 g/mol. The molecule has 0 atom stereocenters. The third kappa shape index (κ3) is 1.59. The van der Waals surface area contributed by atoms with Crippen LogP contribution in [0, 0.1) is 0 Å². The van der Waals surface area contributed by atoms with Gasteiger partial charge in [-0.3, -0.25) is 4.79 Å². The number of aromatic hydroxyl groups is 1. The quantitative estimate of drug-likeness (QED) is 0.743. The molecule has 76 valence electrons. The van der Waals surface area contributed by atoms with Crippen LogP contribution in [0.15, 0.2) is 18.2 Å². The van der Waals surface area contributed by atoms with E-state index in [1.807, 2.05) is 0 Å². The van der Waals surface area contributed by atoms with Gasteiger partial charge in [0.05, 0.1) is 18.1 Å². The van der Waals surface area contributed by atoms with Crippen LogP contribution in [0.1, 0.15) is 10.5 Å². The Morgan fingerprint density at radius 3 is 2.80 bits per heavy atom. The van der Waals surface area contributed by atoms with E-state index in [1.165, 1.54) is 7.11 Å². The summed E-state index contributed by atoms with van der Waals surface area (Å²) in [6.07, 6.45) is 0.464. The first-order valence-corrected chi connectivity index (χ1v) is 4.24. The number of benzene rings is 1. The largest absolute Gasteiger partial charge is 0.497 e. The van der Waals surface area contributed by atoms with Crippen LogP contribution in [-0.2, 0) is 0 Å². The number of carbonyl (C=O) groups is 1. The van der Waals surface area contributed by atoms with Crippen LogP contribution >= 0.6 is 0 Å². The summed E-state index contributed by atoms with van der Waals surface area (Å²) in [5.74, 6) is 0.251. The molecule has 5 nitrogen and oxygen atoms in total. The van der Waals surface area contributed by atoms with Crippen molar-refractivity contribution in [3.05, 3.63) is 23.9 Å². The third-order valence-corrected chi connectivity index (χ3v) is 1.99. The molecule has 1 N–H and O–H groups in total. The minimum atomic E-state index is -0.370. The highest BCUT2D eigenvalue weighted by Crippen LogP contribution is 2.20. The highest BCUT2D eigenvalue weighted by Gasteiger charge is 2.06. The number of aldehydes is 1. The molecule has 1 heterocycles. The smallest absolute Gasteiger partial charge is 0.241 e. The second-order valence-electron chi connectivity index (χ2n) is 2.90. The Hall–Kier alpha value is -2.17. The molecule has 0 aliphatic rings. The summed E-state index contributed by atoms with van der Waals surface area (Å²) >= 11 is 0. The molecule has 0 saturated heterocycles. The van der Waals surface area contributed by atoms with E-state index in [1.54, 1.807) is 18.2 Å². The fraction of sp³-hybridized carbons (Fsp3) is 0.100. The van der Waals surface area contributed by atoms with Crippen LogP contribution in [0.5, 0.6) is 11.6 Å². The van der Waals surface area contributed by atoms with E-state index in [9.17, 15) is 9.90 Å². The van der Waals surface area contributed by atoms with Gasteiger partial charge >= 0.3 is 0 Å². The van der Waals surface area contributed by atoms with Crippen LogP contribution in [0.3, 0.4) is 0 Å². The number of aromatic nitrogens is 2. The van der Waals surface area contributed by atoms with E-state index in [2.05, 4.69) is 9.97 Å². The van der Waals surface area contributed by atoms with Crippen molar-refractivity contribution in [3.63, 3.8) is 0 Å². The lowest BCUT2D eigenvalue weighted by Crippen LogP contribution is -1.93. The molecule has 0 radical (unpaired) electrons. The molecule has 0 aliphatic carbocycles. The minimum Gasteiger partial charge on any atom is -0.497 e. The molecule has 0 amide bonds. The summed E-state index contributed by atoms with van der Waals surface area (Å²) < 4.78 is 5.00. The van der Waals surface area contributed by atoms with E-state index in [0.717, 1.165) is 0 Å². The summed E-state index contributed by atoms with van der Waals surface area (Å²) in [7, 11) is 1.54. The molecule has 0 unspecified atom stereocenters. The standard InChI is InChI=1S/C10H8N2O3/c1-15-6-2-3-7-8(4-6)12-10(14)9(5-13)11-7/h2-5H,1H3,(H,12,14). The highest BCUT2D eigenvalue weighted by atomic mass is 16.5. The van der Waals surface area contributed by atoms with Gasteiger partial charge in [0.25, 0.3) is 0 Å². The fourth-order valence-corrected chi connectivity index (χ4v) is 1.24. The maximum atomic E-state index is 10.5. The maximum absolute atomic E-state index is 10.5. The van der Waals surface area contributed by atoms with Gasteiger partial charge in [-0.1, -0.05) is 0 Å². The molecule has 1 aromatic heterocycles. The van der Waals surface area contributed by atoms with Gasteiger partial charge < -0.3 is 9.84 Å². The SMILES string of the molecule is COc1ccc2nc(C=O)c(O)nc2c1. The van der Waals surface area contributed by atoms with E-state index >= 15 is 0 Å². The van der Waals surface area contributed by atoms with Gasteiger partial charge in [0, 0.05) is 6.07 Å². The van der Waals surface area contributed by atoms with E-state index < -0.39 is 0 Å². The first-order chi connectivity index (χ1) is 7.24. The lowest BCUT2D eigenvalue weighted by Gasteiger charge is -2.02. The normalized spacial score (nSPS) is 10.2. The average Bonchev–Trinajstić information content (AvgIpc) is 2.27. The van der Waals surface area contributed by atoms with Crippen LogP contribution < -0.4 is 4.74 Å². The van der Waals surface area contributed by atoms with Gasteiger partial charge in [-0.05, 0) is 12.1 Å². The van der Waals surface area contributed by atoms with Crippen molar-refractivity contribution in [2.24, 2.45) is 0 Å². The molecule has 2 aromatic rings. The Morgan fingerprint density at radius 2 is 2.13 bits per heavy atom. The molecule has 1 aromatic carbocycles. The van der Waals surface area contributed by atoms with Crippen LogP contribution in [0.25, 0.3) is 11.0 Å². The molecule has 0 bridgehead atoms. The zero-order valence-electron chi connectivity index (χ0n) is 7.97. The number of hydrogen-bond acceptors (Lipinski definition) is 5. The molecular weight excluding hydrogens is 196 g/mol. The number of hydrogen-bond donors (Lipinski definition) is 1. The molecular formula is C10H8N2O3. The van der Waals surface area contributed by atoms with E-state index in [-0.39, 0.29) is 11.6 Å². The predicted molar refractivity (Wildman–Crippen MR) is 53.1 cm³/mol. The maximum Gasteiger partial charge on any atom is 0.241 e. The zero-order chi connectivity index (χ0) is 10.8. The number of nitrogens with zero attached hydrogens (tertiary/aromatic N) is 2. The Labute approximate surface area is 85.4 Å². The molecule has 15 heavy (non-hydrogen) atoms. The molecule has 5 heteroatoms. The lowest BCUT2D eigenvalue weighted by molar-refractivity contribution is 0.111. The number of ether oxygens (including phenoxy) is 1. The average molecular weight is 204 g/mol. The number of rotatable bonds is 2. The van der Waals surface area contributed by atoms with Gasteiger partial charge in [0.2, 0.25) is 5.88 Å².